The van der Waals surface area contributed by atoms with Gasteiger partial charge in [0.15, 0.2) is 0 Å². The van der Waals surface area contributed by atoms with Crippen molar-refractivity contribution in [2.45, 2.75) is 63.4 Å². The van der Waals surface area contributed by atoms with Gasteiger partial charge in [-0.2, -0.15) is 0 Å². The van der Waals surface area contributed by atoms with E-state index < -0.39 is 0 Å². The smallest absolute Gasteiger partial charge is 0.238 e. The molecule has 0 radical (unpaired) electrons. The van der Waals surface area contributed by atoms with Gasteiger partial charge in [0.25, 0.3) is 0 Å². The van der Waals surface area contributed by atoms with Gasteiger partial charge in [0.1, 0.15) is 12.1 Å². The van der Waals surface area contributed by atoms with Crippen LogP contribution in [0, 0.1) is 0 Å². The van der Waals surface area contributed by atoms with Crippen molar-refractivity contribution < 1.29 is 14.3 Å². The van der Waals surface area contributed by atoms with E-state index in [1.807, 2.05) is 30.3 Å². The van der Waals surface area contributed by atoms with Gasteiger partial charge in [0.05, 0.1) is 19.3 Å². The highest BCUT2D eigenvalue weighted by molar-refractivity contribution is 5.82. The lowest BCUT2D eigenvalue weighted by atomic mass is 10.0. The first-order valence-corrected chi connectivity index (χ1v) is 9.31. The molecule has 2 heterocycles. The number of benzene rings is 1. The zero-order valence-corrected chi connectivity index (χ0v) is 14.9. The Labute approximate surface area is 149 Å². The first kappa shape index (κ1) is 18.3. The van der Waals surface area contributed by atoms with Gasteiger partial charge in [-0.05, 0) is 24.8 Å². The van der Waals surface area contributed by atoms with Crippen LogP contribution in [0.2, 0.25) is 0 Å². The molecule has 1 amide bonds. The van der Waals surface area contributed by atoms with E-state index in [2.05, 4.69) is 23.1 Å². The highest BCUT2D eigenvalue weighted by Gasteiger charge is 2.33. The molecule has 2 unspecified atom stereocenters. The average molecular weight is 347 g/mol. The van der Waals surface area contributed by atoms with E-state index in [1.165, 1.54) is 0 Å². The third kappa shape index (κ3) is 5.25. The van der Waals surface area contributed by atoms with Gasteiger partial charge in [-0.3, -0.25) is 10.2 Å². The molecule has 0 aliphatic carbocycles. The average Bonchev–Trinajstić information content (AvgIpc) is 3.11. The van der Waals surface area contributed by atoms with Crippen molar-refractivity contribution in [3.8, 4) is 0 Å². The Bertz CT molecular complexity index is 540. The maximum absolute atomic E-state index is 12.6. The van der Waals surface area contributed by atoms with Crippen LogP contribution in [-0.4, -0.2) is 43.4 Å². The van der Waals surface area contributed by atoms with Gasteiger partial charge in [0, 0.05) is 12.6 Å². The van der Waals surface area contributed by atoms with E-state index in [0.29, 0.717) is 25.9 Å². The monoisotopic (exact) mass is 347 g/mol. The molecule has 6 heteroatoms. The lowest BCUT2D eigenvalue weighted by Crippen LogP contribution is -2.54. The van der Waals surface area contributed by atoms with Crippen LogP contribution in [0.1, 0.15) is 38.2 Å². The molecule has 0 aromatic heterocycles. The minimum absolute atomic E-state index is 0.00279. The molecular weight excluding hydrogens is 318 g/mol. The number of nitrogens with one attached hydrogen (secondary N) is 3. The lowest BCUT2D eigenvalue weighted by Gasteiger charge is -2.32. The molecular formula is C19H29N3O3. The predicted octanol–water partition coefficient (Wildman–Crippen LogP) is 1.51. The second-order valence-electron chi connectivity index (χ2n) is 6.88. The molecule has 0 saturated carbocycles. The SMILES string of the molecule is CCCC1CC(C(=O)N[C@@H]2CCOC[C@H]2OCc2ccccc2)NN1. The van der Waals surface area contributed by atoms with E-state index in [-0.39, 0.29) is 24.1 Å². The Kier molecular flexibility index (Phi) is 6.81. The van der Waals surface area contributed by atoms with Crippen LogP contribution in [0.3, 0.4) is 0 Å². The first-order chi connectivity index (χ1) is 12.3. The standard InChI is InChI=1S/C19H29N3O3/c1-2-6-15-11-17(22-21-15)19(23)20-16-9-10-24-13-18(16)25-12-14-7-4-3-5-8-14/h3-5,7-8,15-18,21-22H,2,6,9-13H2,1H3,(H,20,23)/t15?,16-,17?,18-/m1/s1. The summed E-state index contributed by atoms with van der Waals surface area (Å²) in [5, 5.41) is 3.16. The summed E-state index contributed by atoms with van der Waals surface area (Å²) < 4.78 is 11.6. The zero-order valence-electron chi connectivity index (χ0n) is 14.9. The first-order valence-electron chi connectivity index (χ1n) is 9.31. The predicted molar refractivity (Wildman–Crippen MR) is 95.8 cm³/mol. The van der Waals surface area contributed by atoms with Crippen LogP contribution in [-0.2, 0) is 20.9 Å². The van der Waals surface area contributed by atoms with Gasteiger partial charge in [-0.25, -0.2) is 5.43 Å². The Morgan fingerprint density at radius 3 is 2.96 bits per heavy atom. The summed E-state index contributed by atoms with van der Waals surface area (Å²) in [4.78, 5) is 12.6. The van der Waals surface area contributed by atoms with Crippen molar-refractivity contribution in [3.63, 3.8) is 0 Å². The number of hydrazine groups is 1. The molecule has 0 bridgehead atoms. The molecule has 2 aliphatic heterocycles. The Morgan fingerprint density at radius 1 is 1.32 bits per heavy atom. The summed E-state index contributed by atoms with van der Waals surface area (Å²) >= 11 is 0. The molecule has 2 fully saturated rings. The molecule has 25 heavy (non-hydrogen) atoms. The number of hydrogen-bond donors (Lipinski definition) is 3. The number of carbonyl (C=O) groups is 1. The van der Waals surface area contributed by atoms with Crippen molar-refractivity contribution in [1.29, 1.82) is 0 Å². The second kappa shape index (κ2) is 9.29. The molecule has 2 saturated heterocycles. The normalized spacial score (nSPS) is 29.5. The van der Waals surface area contributed by atoms with Gasteiger partial charge < -0.3 is 14.8 Å². The molecule has 3 rings (SSSR count). The summed E-state index contributed by atoms with van der Waals surface area (Å²) in [6.45, 7) is 3.87. The van der Waals surface area contributed by atoms with Gasteiger partial charge >= 0.3 is 0 Å². The van der Waals surface area contributed by atoms with Crippen molar-refractivity contribution in [2.75, 3.05) is 13.2 Å². The molecule has 2 aliphatic rings. The second-order valence-corrected chi connectivity index (χ2v) is 6.88. The highest BCUT2D eigenvalue weighted by atomic mass is 16.5. The van der Waals surface area contributed by atoms with Gasteiger partial charge in [-0.1, -0.05) is 43.7 Å². The van der Waals surface area contributed by atoms with Gasteiger partial charge in [0.2, 0.25) is 5.91 Å². The van der Waals surface area contributed by atoms with Crippen LogP contribution in [0.4, 0.5) is 0 Å². The number of hydrogen-bond acceptors (Lipinski definition) is 5. The fourth-order valence-electron chi connectivity index (χ4n) is 3.43. The fraction of sp³-hybridized carbons (Fsp3) is 0.632. The third-order valence-corrected chi connectivity index (χ3v) is 4.87. The van der Waals surface area contributed by atoms with Crippen LogP contribution in [0.25, 0.3) is 0 Å². The van der Waals surface area contributed by atoms with Crippen LogP contribution in [0.5, 0.6) is 0 Å². The molecule has 4 atom stereocenters. The number of carbonyl (C=O) groups excluding carboxylic acids is 1. The maximum atomic E-state index is 12.6. The fourth-order valence-corrected chi connectivity index (χ4v) is 3.43. The van der Waals surface area contributed by atoms with Crippen molar-refractivity contribution in [2.24, 2.45) is 0 Å². The summed E-state index contributed by atoms with van der Waals surface area (Å²) in [6, 6.07) is 10.3. The molecule has 0 spiro atoms. The van der Waals surface area contributed by atoms with Gasteiger partial charge in [-0.15, -0.1) is 0 Å². The minimum Gasteiger partial charge on any atom is -0.379 e. The minimum atomic E-state index is -0.172. The van der Waals surface area contributed by atoms with E-state index in [0.717, 1.165) is 31.2 Å². The molecule has 1 aromatic carbocycles. The van der Waals surface area contributed by atoms with Crippen LogP contribution >= 0.6 is 0 Å². The third-order valence-electron chi connectivity index (χ3n) is 4.87. The number of amides is 1. The molecule has 1 aromatic rings. The van der Waals surface area contributed by atoms with Crippen molar-refractivity contribution in [1.82, 2.24) is 16.2 Å². The zero-order chi connectivity index (χ0) is 17.5. The van der Waals surface area contributed by atoms with E-state index in [4.69, 9.17) is 9.47 Å². The summed E-state index contributed by atoms with van der Waals surface area (Å²) in [5.74, 6) is 0.0475. The lowest BCUT2D eigenvalue weighted by molar-refractivity contribution is -0.128. The van der Waals surface area contributed by atoms with E-state index >= 15 is 0 Å². The molecule has 3 N–H and O–H groups in total. The van der Waals surface area contributed by atoms with E-state index in [9.17, 15) is 4.79 Å². The van der Waals surface area contributed by atoms with Crippen LogP contribution < -0.4 is 16.2 Å². The van der Waals surface area contributed by atoms with Crippen LogP contribution in [0.15, 0.2) is 30.3 Å². The summed E-state index contributed by atoms with van der Waals surface area (Å²) in [7, 11) is 0. The largest absolute Gasteiger partial charge is 0.379 e. The quantitative estimate of drug-likeness (QED) is 0.697. The van der Waals surface area contributed by atoms with E-state index in [1.54, 1.807) is 0 Å². The molecule has 138 valence electrons. The number of ether oxygens (including phenoxy) is 2. The topological polar surface area (TPSA) is 71.6 Å². The summed E-state index contributed by atoms with van der Waals surface area (Å²) in [6.07, 6.45) is 3.70. The maximum Gasteiger partial charge on any atom is 0.238 e. The Hall–Kier alpha value is -1.47. The Morgan fingerprint density at radius 2 is 2.16 bits per heavy atom. The highest BCUT2D eigenvalue weighted by Crippen LogP contribution is 2.16. The summed E-state index contributed by atoms with van der Waals surface area (Å²) in [5.41, 5.74) is 7.46. The Balaban J connectivity index is 1.50. The van der Waals surface area contributed by atoms with Crippen molar-refractivity contribution in [3.05, 3.63) is 35.9 Å². The van der Waals surface area contributed by atoms with Crippen molar-refractivity contribution >= 4 is 5.91 Å². The number of rotatable bonds is 7. The molecule has 6 nitrogen and oxygen atoms in total.